The van der Waals surface area contributed by atoms with E-state index < -0.39 is 16.9 Å². The summed E-state index contributed by atoms with van der Waals surface area (Å²) in [5.74, 6) is 0.517. The summed E-state index contributed by atoms with van der Waals surface area (Å²) < 4.78 is 16.7. The number of amides is 1. The molecule has 10 nitrogen and oxygen atoms in total. The second-order valence-electron chi connectivity index (χ2n) is 5.69. The lowest BCUT2D eigenvalue weighted by Crippen LogP contribution is -2.21. The van der Waals surface area contributed by atoms with Crippen molar-refractivity contribution in [1.29, 1.82) is 0 Å². The summed E-state index contributed by atoms with van der Waals surface area (Å²) >= 11 is 5.95. The molecule has 1 aliphatic rings. The first-order valence-corrected chi connectivity index (χ1v) is 8.36. The summed E-state index contributed by atoms with van der Waals surface area (Å²) in [4.78, 5) is 22.6. The highest BCUT2D eigenvalue weighted by Gasteiger charge is 2.28. The molecular formula is C17H11ClN4O6. The molecule has 0 spiro atoms. The average molecular weight is 403 g/mol. The van der Waals surface area contributed by atoms with Gasteiger partial charge in [0.2, 0.25) is 6.10 Å². The highest BCUT2D eigenvalue weighted by molar-refractivity contribution is 6.34. The number of fused-ring (bicyclic) bond motifs is 1. The predicted molar refractivity (Wildman–Crippen MR) is 95.7 cm³/mol. The van der Waals surface area contributed by atoms with E-state index in [-0.39, 0.29) is 34.8 Å². The van der Waals surface area contributed by atoms with Crippen LogP contribution in [0.1, 0.15) is 22.4 Å². The number of nitro benzene ring substituents is 1. The van der Waals surface area contributed by atoms with E-state index in [1.165, 1.54) is 12.1 Å². The third-order valence-electron chi connectivity index (χ3n) is 3.85. The first-order chi connectivity index (χ1) is 13.5. The van der Waals surface area contributed by atoms with E-state index in [1.807, 2.05) is 6.07 Å². The van der Waals surface area contributed by atoms with E-state index in [0.717, 1.165) is 6.07 Å². The quantitative estimate of drug-likeness (QED) is 0.519. The summed E-state index contributed by atoms with van der Waals surface area (Å²) in [5, 5.41) is 20.9. The number of halogens is 1. The van der Waals surface area contributed by atoms with Crippen molar-refractivity contribution in [2.75, 3.05) is 11.9 Å². The van der Waals surface area contributed by atoms with Crippen LogP contribution in [0.4, 0.5) is 11.7 Å². The van der Waals surface area contributed by atoms with Crippen LogP contribution < -0.4 is 14.8 Å². The Morgan fingerprint density at radius 3 is 2.79 bits per heavy atom. The number of hydrogen-bond acceptors (Lipinski definition) is 8. The standard InChI is InChI=1S/C17H11ClN4O6/c18-11-6-5-9(22(24)25)7-10(11)15(23)19-17-21-20-16(28-17)14-8-26-12-3-1-2-4-13(12)27-14/h1-7,14H,8H2,(H,19,21,23)/t14-/m0/s1. The average Bonchev–Trinajstić information content (AvgIpc) is 3.16. The van der Waals surface area contributed by atoms with Crippen LogP contribution in [0.25, 0.3) is 0 Å². The van der Waals surface area contributed by atoms with Gasteiger partial charge in [-0.3, -0.25) is 20.2 Å². The van der Waals surface area contributed by atoms with Gasteiger partial charge >= 0.3 is 6.01 Å². The SMILES string of the molecule is O=C(Nc1nnc([C@@H]2COc3ccccc3O2)o1)c1cc([N+](=O)[O-])ccc1Cl. The van der Waals surface area contributed by atoms with Crippen molar-refractivity contribution in [2.45, 2.75) is 6.10 Å². The van der Waals surface area contributed by atoms with Crippen LogP contribution in [0.15, 0.2) is 46.9 Å². The van der Waals surface area contributed by atoms with Gasteiger partial charge in [0.25, 0.3) is 17.5 Å². The number of nitro groups is 1. The maximum absolute atomic E-state index is 12.4. The van der Waals surface area contributed by atoms with E-state index in [2.05, 4.69) is 15.5 Å². The molecule has 1 aliphatic heterocycles. The third-order valence-corrected chi connectivity index (χ3v) is 4.18. The molecule has 2 aromatic carbocycles. The Labute approximate surface area is 162 Å². The zero-order valence-corrected chi connectivity index (χ0v) is 14.8. The minimum Gasteiger partial charge on any atom is -0.485 e. The van der Waals surface area contributed by atoms with Crippen LogP contribution in [0, 0.1) is 10.1 Å². The number of nitrogens with zero attached hydrogens (tertiary/aromatic N) is 3. The summed E-state index contributed by atoms with van der Waals surface area (Å²) in [6.45, 7) is 0.156. The normalized spacial score (nSPS) is 15.1. The van der Waals surface area contributed by atoms with Crippen molar-refractivity contribution >= 4 is 29.2 Å². The lowest BCUT2D eigenvalue weighted by Gasteiger charge is -2.23. The number of aromatic nitrogens is 2. The first kappa shape index (κ1) is 17.7. The molecule has 0 bridgehead atoms. The van der Waals surface area contributed by atoms with Gasteiger partial charge in [0.15, 0.2) is 11.5 Å². The summed E-state index contributed by atoms with van der Waals surface area (Å²) in [5.41, 5.74) is -0.367. The van der Waals surface area contributed by atoms with Crippen molar-refractivity contribution in [3.05, 3.63) is 69.1 Å². The van der Waals surface area contributed by atoms with Crippen LogP contribution in [0.2, 0.25) is 5.02 Å². The van der Waals surface area contributed by atoms with Gasteiger partial charge in [-0.1, -0.05) is 28.8 Å². The summed E-state index contributed by atoms with van der Waals surface area (Å²) in [7, 11) is 0. The Hall–Kier alpha value is -3.66. The molecule has 3 aromatic rings. The molecule has 11 heteroatoms. The molecule has 0 aliphatic carbocycles. The van der Waals surface area contributed by atoms with E-state index in [9.17, 15) is 14.9 Å². The number of nitrogens with one attached hydrogen (secondary N) is 1. The third kappa shape index (κ3) is 3.45. The molecule has 0 unspecified atom stereocenters. The van der Waals surface area contributed by atoms with E-state index >= 15 is 0 Å². The van der Waals surface area contributed by atoms with E-state index in [0.29, 0.717) is 11.5 Å². The van der Waals surface area contributed by atoms with Crippen molar-refractivity contribution in [1.82, 2.24) is 10.2 Å². The van der Waals surface area contributed by atoms with Gasteiger partial charge < -0.3 is 13.9 Å². The molecule has 1 atom stereocenters. The number of para-hydroxylation sites is 2. The van der Waals surface area contributed by atoms with Crippen LogP contribution in [-0.2, 0) is 0 Å². The zero-order chi connectivity index (χ0) is 19.7. The fourth-order valence-electron chi connectivity index (χ4n) is 2.52. The summed E-state index contributed by atoms with van der Waals surface area (Å²) in [6.07, 6.45) is -0.644. The van der Waals surface area contributed by atoms with Gasteiger partial charge in [0.1, 0.15) is 6.61 Å². The molecule has 2 heterocycles. The van der Waals surface area contributed by atoms with Gasteiger partial charge in [-0.15, -0.1) is 5.10 Å². The maximum atomic E-state index is 12.4. The van der Waals surface area contributed by atoms with Crippen LogP contribution >= 0.6 is 11.6 Å². The number of non-ortho nitro benzene ring substituents is 1. The molecule has 4 rings (SSSR count). The topological polar surface area (TPSA) is 130 Å². The zero-order valence-electron chi connectivity index (χ0n) is 14.0. The molecule has 142 valence electrons. The number of carbonyl (C=O) groups is 1. The van der Waals surface area contributed by atoms with Crippen molar-refractivity contribution in [2.24, 2.45) is 0 Å². The molecule has 0 saturated heterocycles. The maximum Gasteiger partial charge on any atom is 0.322 e. The lowest BCUT2D eigenvalue weighted by molar-refractivity contribution is -0.384. The second kappa shape index (κ2) is 7.16. The van der Waals surface area contributed by atoms with Crippen molar-refractivity contribution in [3.8, 4) is 11.5 Å². The predicted octanol–water partition coefficient (Wildman–Crippen LogP) is 3.40. The smallest absolute Gasteiger partial charge is 0.322 e. The van der Waals surface area contributed by atoms with E-state index in [4.69, 9.17) is 25.5 Å². The van der Waals surface area contributed by atoms with Gasteiger partial charge in [0, 0.05) is 12.1 Å². The van der Waals surface area contributed by atoms with Crippen molar-refractivity contribution in [3.63, 3.8) is 0 Å². The molecule has 1 aromatic heterocycles. The Balaban J connectivity index is 1.49. The largest absolute Gasteiger partial charge is 0.485 e. The molecule has 1 amide bonds. The molecular weight excluding hydrogens is 392 g/mol. The highest BCUT2D eigenvalue weighted by atomic mass is 35.5. The minimum atomic E-state index is -0.727. The molecule has 1 N–H and O–H groups in total. The fourth-order valence-corrected chi connectivity index (χ4v) is 2.73. The van der Waals surface area contributed by atoms with Gasteiger partial charge in [-0.05, 0) is 18.2 Å². The lowest BCUT2D eigenvalue weighted by atomic mass is 10.2. The Kier molecular flexibility index (Phi) is 4.53. The monoisotopic (exact) mass is 402 g/mol. The fraction of sp³-hybridized carbons (Fsp3) is 0.118. The number of carbonyl (C=O) groups excluding carboxylic acids is 1. The summed E-state index contributed by atoms with van der Waals surface area (Å²) in [6, 6.07) is 10.4. The second-order valence-corrected chi connectivity index (χ2v) is 6.09. The van der Waals surface area contributed by atoms with Crippen LogP contribution in [0.5, 0.6) is 11.5 Å². The molecule has 0 saturated carbocycles. The number of hydrogen-bond donors (Lipinski definition) is 1. The van der Waals surface area contributed by atoms with Crippen LogP contribution in [0.3, 0.4) is 0 Å². The first-order valence-electron chi connectivity index (χ1n) is 7.98. The molecule has 0 radical (unpaired) electrons. The van der Waals surface area contributed by atoms with Crippen LogP contribution in [-0.4, -0.2) is 27.6 Å². The Morgan fingerprint density at radius 2 is 2.00 bits per heavy atom. The number of benzene rings is 2. The number of rotatable bonds is 4. The van der Waals surface area contributed by atoms with Crippen molar-refractivity contribution < 1.29 is 23.6 Å². The number of ether oxygens (including phenoxy) is 2. The Bertz CT molecular complexity index is 1070. The molecule has 28 heavy (non-hydrogen) atoms. The van der Waals surface area contributed by atoms with Gasteiger partial charge in [0.05, 0.1) is 15.5 Å². The minimum absolute atomic E-state index is 0.0449. The van der Waals surface area contributed by atoms with Gasteiger partial charge in [-0.25, -0.2) is 0 Å². The number of anilines is 1. The van der Waals surface area contributed by atoms with E-state index in [1.54, 1.807) is 18.2 Å². The Morgan fingerprint density at radius 1 is 1.21 bits per heavy atom. The molecule has 0 fully saturated rings. The highest BCUT2D eigenvalue weighted by Crippen LogP contribution is 2.35. The van der Waals surface area contributed by atoms with Gasteiger partial charge in [-0.2, -0.15) is 0 Å².